The highest BCUT2D eigenvalue weighted by molar-refractivity contribution is 9.10. The first kappa shape index (κ1) is 14.8. The van der Waals surface area contributed by atoms with E-state index >= 15 is 0 Å². The Hall–Kier alpha value is -1.60. The van der Waals surface area contributed by atoms with Crippen LogP contribution in [0, 0.1) is 11.6 Å². The van der Waals surface area contributed by atoms with Gasteiger partial charge in [0, 0.05) is 15.4 Å². The Labute approximate surface area is 126 Å². The van der Waals surface area contributed by atoms with E-state index in [1.54, 1.807) is 12.1 Å². The molecule has 0 radical (unpaired) electrons. The molecule has 0 bridgehead atoms. The van der Waals surface area contributed by atoms with Gasteiger partial charge in [0.15, 0.2) is 11.7 Å². The fourth-order valence-electron chi connectivity index (χ4n) is 1.52. The van der Waals surface area contributed by atoms with Crippen LogP contribution in [-0.2, 0) is 0 Å². The average molecular weight is 359 g/mol. The molecule has 0 spiro atoms. The van der Waals surface area contributed by atoms with Crippen LogP contribution < -0.4 is 5.73 Å². The molecule has 2 aromatic carbocycles. The maximum Gasteiger partial charge on any atom is 0.171 e. The molecule has 0 aliphatic rings. The van der Waals surface area contributed by atoms with Crippen molar-refractivity contribution < 1.29 is 14.0 Å². The van der Waals surface area contributed by atoms with Crippen LogP contribution in [-0.4, -0.2) is 11.0 Å². The smallest absolute Gasteiger partial charge is 0.171 e. The quantitative estimate of drug-likeness (QED) is 0.377. The first-order valence-corrected chi connectivity index (χ1v) is 7.03. The maximum absolute atomic E-state index is 14.2. The second-order valence-corrected chi connectivity index (χ2v) is 5.69. The van der Waals surface area contributed by atoms with Gasteiger partial charge in [0.1, 0.15) is 5.82 Å². The monoisotopic (exact) mass is 358 g/mol. The Balaban J connectivity index is 2.37. The number of halogens is 3. The van der Waals surface area contributed by atoms with Gasteiger partial charge in [-0.1, -0.05) is 23.0 Å². The minimum Gasteiger partial charge on any atom is -0.409 e. The van der Waals surface area contributed by atoms with Crippen LogP contribution >= 0.6 is 27.7 Å². The number of nitrogens with zero attached hydrogens (tertiary/aromatic N) is 1. The van der Waals surface area contributed by atoms with Crippen LogP contribution in [0.3, 0.4) is 0 Å². The van der Waals surface area contributed by atoms with Gasteiger partial charge >= 0.3 is 0 Å². The highest BCUT2D eigenvalue weighted by Gasteiger charge is 2.15. The summed E-state index contributed by atoms with van der Waals surface area (Å²) in [5.41, 5.74) is 5.68. The molecule has 0 saturated heterocycles. The molecular formula is C13H9BrF2N2OS. The van der Waals surface area contributed by atoms with E-state index in [1.165, 1.54) is 24.3 Å². The summed E-state index contributed by atoms with van der Waals surface area (Å²) in [6, 6.07) is 8.87. The minimum absolute atomic E-state index is 0.0919. The number of benzene rings is 2. The number of hydrogen-bond donors (Lipinski definition) is 2. The minimum atomic E-state index is -0.552. The second-order valence-electron chi connectivity index (χ2n) is 3.78. The molecule has 7 heteroatoms. The third kappa shape index (κ3) is 3.10. The maximum atomic E-state index is 14.2. The van der Waals surface area contributed by atoms with E-state index in [0.29, 0.717) is 9.79 Å². The molecule has 104 valence electrons. The van der Waals surface area contributed by atoms with Crippen LogP contribution in [0.5, 0.6) is 0 Å². The van der Waals surface area contributed by atoms with Crippen molar-refractivity contribution in [2.45, 2.75) is 9.79 Å². The van der Waals surface area contributed by atoms with Gasteiger partial charge in [0.2, 0.25) is 0 Å². The Morgan fingerprint density at radius 2 is 2.00 bits per heavy atom. The van der Waals surface area contributed by atoms with Crippen molar-refractivity contribution in [3.63, 3.8) is 0 Å². The third-order valence-electron chi connectivity index (χ3n) is 2.45. The van der Waals surface area contributed by atoms with Crippen molar-refractivity contribution in [1.29, 1.82) is 0 Å². The Morgan fingerprint density at radius 3 is 2.65 bits per heavy atom. The molecule has 2 rings (SSSR count). The van der Waals surface area contributed by atoms with E-state index in [4.69, 9.17) is 10.9 Å². The average Bonchev–Trinajstić information content (AvgIpc) is 2.43. The van der Waals surface area contributed by atoms with E-state index < -0.39 is 5.82 Å². The van der Waals surface area contributed by atoms with E-state index in [-0.39, 0.29) is 21.7 Å². The molecule has 3 N–H and O–H groups in total. The summed E-state index contributed by atoms with van der Waals surface area (Å²) in [4.78, 5) is 0.879. The van der Waals surface area contributed by atoms with Gasteiger partial charge in [-0.25, -0.2) is 8.78 Å². The normalized spacial score (nSPS) is 11.7. The van der Waals surface area contributed by atoms with E-state index in [9.17, 15) is 8.78 Å². The molecule has 0 amide bonds. The Bertz CT molecular complexity index is 679. The van der Waals surface area contributed by atoms with Crippen molar-refractivity contribution in [3.05, 3.63) is 58.1 Å². The predicted octanol–water partition coefficient (Wildman–Crippen LogP) is 3.97. The molecule has 0 fully saturated rings. The fourth-order valence-corrected chi connectivity index (χ4v) is 3.10. The zero-order valence-corrected chi connectivity index (χ0v) is 12.4. The van der Waals surface area contributed by atoms with Gasteiger partial charge in [-0.2, -0.15) is 0 Å². The molecule has 0 aliphatic heterocycles. The van der Waals surface area contributed by atoms with E-state index in [2.05, 4.69) is 21.1 Å². The zero-order valence-electron chi connectivity index (χ0n) is 9.98. The Kier molecular flexibility index (Phi) is 4.61. The lowest BCUT2D eigenvalue weighted by Crippen LogP contribution is -2.14. The highest BCUT2D eigenvalue weighted by Crippen LogP contribution is 2.34. The molecule has 3 nitrogen and oxygen atoms in total. The summed E-state index contributed by atoms with van der Waals surface area (Å²) in [6.07, 6.45) is 0. The standard InChI is InChI=1S/C13H9BrF2N2OS/c14-11-9(13(17)18-19)4-5-10(12(11)16)20-8-3-1-2-7(15)6-8/h1-6,19H,(H2,17,18). The first-order chi connectivity index (χ1) is 9.52. The topological polar surface area (TPSA) is 58.6 Å². The van der Waals surface area contributed by atoms with Gasteiger partial charge in [-0.15, -0.1) is 0 Å². The van der Waals surface area contributed by atoms with E-state index in [0.717, 1.165) is 11.8 Å². The molecular weight excluding hydrogens is 350 g/mol. The predicted molar refractivity (Wildman–Crippen MR) is 77.1 cm³/mol. The summed E-state index contributed by atoms with van der Waals surface area (Å²) in [6.45, 7) is 0. The van der Waals surface area contributed by atoms with Crippen LogP contribution in [0.1, 0.15) is 5.56 Å². The molecule has 0 atom stereocenters. The van der Waals surface area contributed by atoms with Gasteiger partial charge in [0.05, 0.1) is 4.47 Å². The van der Waals surface area contributed by atoms with E-state index in [1.807, 2.05) is 0 Å². The molecule has 0 unspecified atom stereocenters. The van der Waals surface area contributed by atoms with Crippen molar-refractivity contribution in [3.8, 4) is 0 Å². The number of nitrogens with two attached hydrogens (primary N) is 1. The lowest BCUT2D eigenvalue weighted by molar-refractivity contribution is 0.318. The summed E-state index contributed by atoms with van der Waals surface area (Å²) in [5.74, 6) is -1.14. The van der Waals surface area contributed by atoms with Gasteiger partial charge < -0.3 is 10.9 Å². The molecule has 0 heterocycles. The zero-order chi connectivity index (χ0) is 14.7. The number of rotatable bonds is 3. The summed E-state index contributed by atoms with van der Waals surface area (Å²) < 4.78 is 27.4. The number of amidine groups is 1. The molecule has 0 saturated carbocycles. The number of hydrogen-bond acceptors (Lipinski definition) is 3. The van der Waals surface area contributed by atoms with Gasteiger partial charge in [-0.05, 0) is 46.3 Å². The lowest BCUT2D eigenvalue weighted by atomic mass is 10.2. The van der Waals surface area contributed by atoms with Crippen LogP contribution in [0.25, 0.3) is 0 Å². The van der Waals surface area contributed by atoms with Gasteiger partial charge in [-0.3, -0.25) is 0 Å². The summed E-state index contributed by atoms with van der Waals surface area (Å²) in [7, 11) is 0. The first-order valence-electron chi connectivity index (χ1n) is 5.42. The van der Waals surface area contributed by atoms with Crippen molar-refractivity contribution >= 4 is 33.5 Å². The van der Waals surface area contributed by atoms with Crippen molar-refractivity contribution in [2.75, 3.05) is 0 Å². The third-order valence-corrected chi connectivity index (χ3v) is 4.25. The van der Waals surface area contributed by atoms with Crippen molar-refractivity contribution in [1.82, 2.24) is 0 Å². The van der Waals surface area contributed by atoms with Crippen LogP contribution in [0.2, 0.25) is 0 Å². The SMILES string of the molecule is N/C(=N/O)c1ccc(Sc2cccc(F)c2)c(F)c1Br. The second kappa shape index (κ2) is 6.23. The largest absolute Gasteiger partial charge is 0.409 e. The lowest BCUT2D eigenvalue weighted by Gasteiger charge is -2.08. The van der Waals surface area contributed by atoms with Crippen molar-refractivity contribution in [2.24, 2.45) is 10.9 Å². The number of oxime groups is 1. The molecule has 20 heavy (non-hydrogen) atoms. The Morgan fingerprint density at radius 1 is 1.25 bits per heavy atom. The summed E-state index contributed by atoms with van der Waals surface area (Å²) >= 11 is 4.15. The molecule has 2 aromatic rings. The highest BCUT2D eigenvalue weighted by atomic mass is 79.9. The van der Waals surface area contributed by atoms with Crippen LogP contribution in [0.15, 0.2) is 55.8 Å². The molecule has 0 aliphatic carbocycles. The van der Waals surface area contributed by atoms with Crippen LogP contribution in [0.4, 0.5) is 8.78 Å². The van der Waals surface area contributed by atoms with Gasteiger partial charge in [0.25, 0.3) is 0 Å². The fraction of sp³-hybridized carbons (Fsp3) is 0. The summed E-state index contributed by atoms with van der Waals surface area (Å²) in [5, 5.41) is 11.4. The molecule has 0 aromatic heterocycles.